The van der Waals surface area contributed by atoms with E-state index in [1.165, 1.54) is 0 Å². The molecule has 1 N–H and O–H groups in total. The average Bonchev–Trinajstić information content (AvgIpc) is 3.06. The average molecular weight is 458 g/mol. The van der Waals surface area contributed by atoms with Gasteiger partial charge in [0.05, 0.1) is 11.9 Å². The van der Waals surface area contributed by atoms with Crippen molar-refractivity contribution >= 4 is 49.1 Å². The highest BCUT2D eigenvalue weighted by Gasteiger charge is 2.22. The van der Waals surface area contributed by atoms with Gasteiger partial charge in [0.1, 0.15) is 6.54 Å². The minimum Gasteiger partial charge on any atom is -0.341 e. The Balaban J connectivity index is 1.64. The second-order valence-electron chi connectivity index (χ2n) is 7.41. The number of amides is 1. The third kappa shape index (κ3) is 4.03. The predicted octanol–water partition coefficient (Wildman–Crippen LogP) is 4.50. The van der Waals surface area contributed by atoms with Crippen LogP contribution in [0.3, 0.4) is 0 Å². The number of fused-ring (bicyclic) bond motifs is 3. The van der Waals surface area contributed by atoms with Crippen LogP contribution in [-0.2, 0) is 21.4 Å². The van der Waals surface area contributed by atoms with Crippen LogP contribution in [0.1, 0.15) is 6.92 Å². The number of carbonyl (C=O) groups is 1. The molecule has 32 heavy (non-hydrogen) atoms. The maximum atomic E-state index is 13.6. The Morgan fingerprint density at radius 3 is 2.38 bits per heavy atom. The van der Waals surface area contributed by atoms with Gasteiger partial charge in [-0.25, -0.2) is 17.2 Å². The summed E-state index contributed by atoms with van der Waals surface area (Å²) in [5, 5.41) is 4.70. The SMILES string of the molecule is CCn1c2ccccc2c2cc(NC(=O)CN(c3ccc(F)c(F)c3)S(C)(=O)=O)ccc21. The zero-order valence-corrected chi connectivity index (χ0v) is 18.3. The molecular weight excluding hydrogens is 436 g/mol. The number of sulfonamides is 1. The van der Waals surface area contributed by atoms with Gasteiger partial charge >= 0.3 is 0 Å². The lowest BCUT2D eigenvalue weighted by Crippen LogP contribution is -2.37. The number of nitrogens with one attached hydrogen (secondary N) is 1. The van der Waals surface area contributed by atoms with Crippen LogP contribution in [0.25, 0.3) is 21.8 Å². The van der Waals surface area contributed by atoms with Crippen LogP contribution >= 0.6 is 0 Å². The number of hydrogen-bond acceptors (Lipinski definition) is 3. The van der Waals surface area contributed by atoms with E-state index in [2.05, 4.69) is 16.8 Å². The summed E-state index contributed by atoms with van der Waals surface area (Å²) in [5.74, 6) is -2.92. The summed E-state index contributed by atoms with van der Waals surface area (Å²) in [7, 11) is -3.92. The number of aryl methyl sites for hydroxylation is 1. The quantitative estimate of drug-likeness (QED) is 0.464. The molecule has 6 nitrogen and oxygen atoms in total. The van der Waals surface area contributed by atoms with E-state index >= 15 is 0 Å². The number of hydrogen-bond donors (Lipinski definition) is 1. The number of benzene rings is 3. The number of aromatic nitrogens is 1. The molecule has 4 aromatic rings. The van der Waals surface area contributed by atoms with E-state index in [4.69, 9.17) is 0 Å². The smallest absolute Gasteiger partial charge is 0.245 e. The molecule has 0 fully saturated rings. The van der Waals surface area contributed by atoms with Gasteiger partial charge in [0.2, 0.25) is 15.9 Å². The Labute approximate surface area is 184 Å². The second-order valence-corrected chi connectivity index (χ2v) is 9.32. The van der Waals surface area contributed by atoms with Gasteiger partial charge < -0.3 is 9.88 Å². The maximum Gasteiger partial charge on any atom is 0.245 e. The first-order chi connectivity index (χ1) is 15.2. The van der Waals surface area contributed by atoms with E-state index in [9.17, 15) is 22.0 Å². The molecule has 1 amide bonds. The van der Waals surface area contributed by atoms with Gasteiger partial charge in [0, 0.05) is 40.1 Å². The van der Waals surface area contributed by atoms with Gasteiger partial charge in [-0.15, -0.1) is 0 Å². The normalized spacial score (nSPS) is 11.8. The fourth-order valence-electron chi connectivity index (χ4n) is 3.84. The van der Waals surface area contributed by atoms with Crippen molar-refractivity contribution < 1.29 is 22.0 Å². The highest BCUT2D eigenvalue weighted by atomic mass is 32.2. The molecule has 0 radical (unpaired) electrons. The van der Waals surface area contributed by atoms with Crippen LogP contribution in [0.2, 0.25) is 0 Å². The molecule has 0 unspecified atom stereocenters. The van der Waals surface area contributed by atoms with Crippen molar-refractivity contribution in [3.63, 3.8) is 0 Å². The Morgan fingerprint density at radius 2 is 1.69 bits per heavy atom. The minimum absolute atomic E-state index is 0.136. The summed E-state index contributed by atoms with van der Waals surface area (Å²) in [4.78, 5) is 12.7. The van der Waals surface area contributed by atoms with Crippen molar-refractivity contribution in [2.24, 2.45) is 0 Å². The lowest BCUT2D eigenvalue weighted by Gasteiger charge is -2.22. The van der Waals surface area contributed by atoms with Gasteiger partial charge in [-0.3, -0.25) is 9.10 Å². The maximum absolute atomic E-state index is 13.6. The van der Waals surface area contributed by atoms with E-state index in [-0.39, 0.29) is 5.69 Å². The van der Waals surface area contributed by atoms with Crippen molar-refractivity contribution in [1.82, 2.24) is 4.57 Å². The number of carbonyl (C=O) groups excluding carboxylic acids is 1. The summed E-state index contributed by atoms with van der Waals surface area (Å²) < 4.78 is 54.2. The third-order valence-electron chi connectivity index (χ3n) is 5.25. The van der Waals surface area contributed by atoms with Crippen LogP contribution in [0.5, 0.6) is 0 Å². The molecule has 1 aromatic heterocycles. The molecule has 166 valence electrons. The number of nitrogens with zero attached hydrogens (tertiary/aromatic N) is 2. The zero-order chi connectivity index (χ0) is 23.0. The second kappa shape index (κ2) is 8.23. The first-order valence-corrected chi connectivity index (χ1v) is 11.8. The molecule has 0 saturated heterocycles. The first-order valence-electron chi connectivity index (χ1n) is 9.92. The molecule has 1 heterocycles. The predicted molar refractivity (Wildman–Crippen MR) is 122 cm³/mol. The van der Waals surface area contributed by atoms with E-state index in [0.717, 1.165) is 57.1 Å². The van der Waals surface area contributed by atoms with E-state index in [0.29, 0.717) is 5.69 Å². The van der Waals surface area contributed by atoms with E-state index in [1.807, 2.05) is 36.4 Å². The molecule has 0 aliphatic rings. The topological polar surface area (TPSA) is 71.4 Å². The summed E-state index contributed by atoms with van der Waals surface area (Å²) in [6, 6.07) is 16.1. The lowest BCUT2D eigenvalue weighted by atomic mass is 10.1. The number of halogens is 2. The van der Waals surface area contributed by atoms with Gasteiger partial charge in [-0.05, 0) is 43.3 Å². The molecule has 9 heteroatoms. The van der Waals surface area contributed by atoms with Gasteiger partial charge in [-0.1, -0.05) is 18.2 Å². The van der Waals surface area contributed by atoms with Crippen molar-refractivity contribution in [2.45, 2.75) is 13.5 Å². The first kappa shape index (κ1) is 21.8. The summed E-state index contributed by atoms with van der Waals surface area (Å²) >= 11 is 0. The van der Waals surface area contributed by atoms with Crippen LogP contribution in [0, 0.1) is 11.6 Å². The van der Waals surface area contributed by atoms with E-state index in [1.54, 1.807) is 6.07 Å². The number of anilines is 2. The third-order valence-corrected chi connectivity index (χ3v) is 6.39. The fraction of sp³-hybridized carbons (Fsp3) is 0.174. The van der Waals surface area contributed by atoms with Crippen LogP contribution in [-0.4, -0.2) is 31.7 Å². The van der Waals surface area contributed by atoms with E-state index < -0.39 is 34.1 Å². The standard InChI is InChI=1S/C23H21F2N3O3S/c1-3-27-21-7-5-4-6-17(21)18-12-15(8-11-22(18)27)26-23(29)14-28(32(2,30)31)16-9-10-19(24)20(25)13-16/h4-13H,3,14H2,1-2H3,(H,26,29). The largest absolute Gasteiger partial charge is 0.341 e. The van der Waals surface area contributed by atoms with Gasteiger partial charge in [0.15, 0.2) is 11.6 Å². The molecule has 3 aromatic carbocycles. The highest BCUT2D eigenvalue weighted by Crippen LogP contribution is 2.31. The molecule has 0 spiro atoms. The molecular formula is C23H21F2N3O3S. The fourth-order valence-corrected chi connectivity index (χ4v) is 4.69. The Bertz CT molecular complexity index is 1450. The monoisotopic (exact) mass is 457 g/mol. The molecule has 0 bridgehead atoms. The van der Waals surface area contributed by atoms with Crippen molar-refractivity contribution in [2.75, 3.05) is 22.4 Å². The highest BCUT2D eigenvalue weighted by molar-refractivity contribution is 7.92. The molecule has 0 aliphatic heterocycles. The lowest BCUT2D eigenvalue weighted by molar-refractivity contribution is -0.114. The Hall–Kier alpha value is -3.46. The van der Waals surface area contributed by atoms with Crippen LogP contribution < -0.4 is 9.62 Å². The van der Waals surface area contributed by atoms with Crippen molar-refractivity contribution in [1.29, 1.82) is 0 Å². The summed E-state index contributed by atoms with van der Waals surface area (Å²) in [6.45, 7) is 2.26. The summed E-state index contributed by atoms with van der Waals surface area (Å²) in [6.07, 6.45) is 0.896. The van der Waals surface area contributed by atoms with Crippen molar-refractivity contribution in [3.8, 4) is 0 Å². The Kier molecular flexibility index (Phi) is 5.60. The molecule has 0 aliphatic carbocycles. The van der Waals surface area contributed by atoms with Gasteiger partial charge in [-0.2, -0.15) is 0 Å². The number of para-hydroxylation sites is 1. The molecule has 0 atom stereocenters. The minimum atomic E-state index is -3.92. The summed E-state index contributed by atoms with van der Waals surface area (Å²) in [5.41, 5.74) is 2.46. The van der Waals surface area contributed by atoms with Crippen LogP contribution in [0.15, 0.2) is 60.7 Å². The Morgan fingerprint density at radius 1 is 0.969 bits per heavy atom. The van der Waals surface area contributed by atoms with Crippen molar-refractivity contribution in [3.05, 3.63) is 72.3 Å². The number of rotatable bonds is 6. The molecule has 0 saturated carbocycles. The van der Waals surface area contributed by atoms with Crippen LogP contribution in [0.4, 0.5) is 20.2 Å². The zero-order valence-electron chi connectivity index (χ0n) is 17.5. The molecule has 4 rings (SSSR count). The van der Waals surface area contributed by atoms with Gasteiger partial charge in [0.25, 0.3) is 0 Å².